The zero-order valence-corrected chi connectivity index (χ0v) is 9.13. The molecule has 1 N–H and O–H groups in total. The summed E-state index contributed by atoms with van der Waals surface area (Å²) in [6.45, 7) is 0.310. The molecule has 0 radical (unpaired) electrons. The van der Waals surface area contributed by atoms with Crippen molar-refractivity contribution >= 4 is 10.8 Å². The molecule has 1 atom stereocenters. The summed E-state index contributed by atoms with van der Waals surface area (Å²) in [5.41, 5.74) is 0.808. The summed E-state index contributed by atoms with van der Waals surface area (Å²) in [7, 11) is 1.57. The third kappa shape index (κ3) is 2.35. The number of ether oxygens (including phenoxy) is 1. The van der Waals surface area contributed by atoms with Crippen LogP contribution in [0.15, 0.2) is 30.5 Å². The quantitative estimate of drug-likeness (QED) is 0.837. The molecule has 4 nitrogen and oxygen atoms in total. The number of fused-ring (bicyclic) bond motifs is 1. The molecule has 1 aromatic heterocycles. The summed E-state index contributed by atoms with van der Waals surface area (Å²) < 4.78 is 4.89. The van der Waals surface area contributed by atoms with Crippen molar-refractivity contribution < 1.29 is 9.84 Å². The molecule has 2 rings (SSSR count). The van der Waals surface area contributed by atoms with Crippen LogP contribution in [-0.4, -0.2) is 35.1 Å². The van der Waals surface area contributed by atoms with Crippen LogP contribution in [0.1, 0.15) is 5.69 Å². The van der Waals surface area contributed by atoms with Crippen LogP contribution in [-0.2, 0) is 11.2 Å². The Bertz CT molecular complexity index is 468. The molecule has 16 heavy (non-hydrogen) atoms. The predicted octanol–water partition coefficient (Wildman–Crippen LogP) is 1.18. The number of rotatable bonds is 4. The fourth-order valence-electron chi connectivity index (χ4n) is 1.71. The summed E-state index contributed by atoms with van der Waals surface area (Å²) in [6.07, 6.45) is 1.65. The number of aromatic nitrogens is 2. The Hall–Kier alpha value is -1.52. The summed E-state index contributed by atoms with van der Waals surface area (Å²) in [5.74, 6) is 0. The van der Waals surface area contributed by atoms with E-state index in [1.54, 1.807) is 13.3 Å². The van der Waals surface area contributed by atoms with E-state index in [4.69, 9.17) is 4.74 Å². The van der Waals surface area contributed by atoms with E-state index >= 15 is 0 Å². The van der Waals surface area contributed by atoms with Crippen LogP contribution in [0.5, 0.6) is 0 Å². The van der Waals surface area contributed by atoms with Gasteiger partial charge in [0.25, 0.3) is 0 Å². The van der Waals surface area contributed by atoms with Crippen molar-refractivity contribution in [2.45, 2.75) is 12.5 Å². The molecule has 1 unspecified atom stereocenters. The van der Waals surface area contributed by atoms with Crippen molar-refractivity contribution in [3.8, 4) is 0 Å². The normalized spacial score (nSPS) is 12.9. The van der Waals surface area contributed by atoms with Crippen LogP contribution in [0.2, 0.25) is 0 Å². The molecule has 0 aliphatic carbocycles. The molecular weight excluding hydrogens is 204 g/mol. The van der Waals surface area contributed by atoms with Gasteiger partial charge in [-0.25, -0.2) is 0 Å². The van der Waals surface area contributed by atoms with Crippen molar-refractivity contribution in [2.75, 3.05) is 13.7 Å². The first kappa shape index (κ1) is 11.0. The monoisotopic (exact) mass is 218 g/mol. The van der Waals surface area contributed by atoms with E-state index < -0.39 is 6.10 Å². The van der Waals surface area contributed by atoms with Crippen LogP contribution < -0.4 is 0 Å². The number of nitrogens with zero attached hydrogens (tertiary/aromatic N) is 2. The Morgan fingerprint density at radius 1 is 1.38 bits per heavy atom. The Labute approximate surface area is 93.9 Å². The van der Waals surface area contributed by atoms with Crippen molar-refractivity contribution in [1.29, 1.82) is 0 Å². The Balaban J connectivity index is 2.30. The summed E-state index contributed by atoms with van der Waals surface area (Å²) in [4.78, 5) is 0. The highest BCUT2D eigenvalue weighted by Gasteiger charge is 2.09. The Morgan fingerprint density at radius 3 is 3.00 bits per heavy atom. The molecule has 4 heteroatoms. The number of aliphatic hydroxyl groups is 1. The summed E-state index contributed by atoms with van der Waals surface area (Å²) >= 11 is 0. The highest BCUT2D eigenvalue weighted by molar-refractivity contribution is 5.83. The molecule has 84 valence electrons. The standard InChI is InChI=1S/C12H14N2O2/c1-16-8-10(15)6-12-11-5-3-2-4-9(11)7-13-14-12/h2-5,7,10,15H,6,8H2,1H3. The number of hydrogen-bond acceptors (Lipinski definition) is 4. The van der Waals surface area contributed by atoms with Gasteiger partial charge in [-0.1, -0.05) is 24.3 Å². The zero-order chi connectivity index (χ0) is 11.4. The van der Waals surface area contributed by atoms with Gasteiger partial charge >= 0.3 is 0 Å². The van der Waals surface area contributed by atoms with Gasteiger partial charge in [-0.05, 0) is 0 Å². The highest BCUT2D eigenvalue weighted by atomic mass is 16.5. The van der Waals surface area contributed by atoms with Gasteiger partial charge in [-0.15, -0.1) is 0 Å². The van der Waals surface area contributed by atoms with Gasteiger partial charge in [0.2, 0.25) is 0 Å². The first-order valence-corrected chi connectivity index (χ1v) is 5.17. The molecule has 0 amide bonds. The molecule has 1 aromatic carbocycles. The third-order valence-electron chi connectivity index (χ3n) is 2.43. The Kier molecular flexibility index (Phi) is 3.44. The van der Waals surface area contributed by atoms with Gasteiger partial charge in [0.15, 0.2) is 0 Å². The first-order valence-electron chi connectivity index (χ1n) is 5.17. The van der Waals surface area contributed by atoms with Gasteiger partial charge in [0.05, 0.1) is 24.6 Å². The maximum atomic E-state index is 9.67. The highest BCUT2D eigenvalue weighted by Crippen LogP contribution is 2.16. The van der Waals surface area contributed by atoms with E-state index in [0.717, 1.165) is 16.5 Å². The lowest BCUT2D eigenvalue weighted by Crippen LogP contribution is -2.18. The number of methoxy groups -OCH3 is 1. The third-order valence-corrected chi connectivity index (χ3v) is 2.43. The van der Waals surface area contributed by atoms with E-state index in [9.17, 15) is 5.11 Å². The van der Waals surface area contributed by atoms with Crippen LogP contribution in [0.3, 0.4) is 0 Å². The minimum absolute atomic E-state index is 0.310. The molecule has 0 aliphatic heterocycles. The van der Waals surface area contributed by atoms with Gasteiger partial charge in [0, 0.05) is 24.3 Å². The maximum Gasteiger partial charge on any atom is 0.0829 e. The summed E-state index contributed by atoms with van der Waals surface area (Å²) in [5, 5.41) is 19.7. The molecule has 1 heterocycles. The lowest BCUT2D eigenvalue weighted by atomic mass is 10.1. The Morgan fingerprint density at radius 2 is 2.19 bits per heavy atom. The summed E-state index contributed by atoms with van der Waals surface area (Å²) in [6, 6.07) is 7.88. The number of hydrogen-bond donors (Lipinski definition) is 1. The first-order chi connectivity index (χ1) is 7.81. The lowest BCUT2D eigenvalue weighted by molar-refractivity contribution is 0.0645. The topological polar surface area (TPSA) is 55.2 Å². The van der Waals surface area contributed by atoms with Crippen LogP contribution in [0.4, 0.5) is 0 Å². The van der Waals surface area contributed by atoms with Crippen LogP contribution in [0.25, 0.3) is 10.8 Å². The molecule has 0 saturated heterocycles. The van der Waals surface area contributed by atoms with Crippen LogP contribution >= 0.6 is 0 Å². The minimum Gasteiger partial charge on any atom is -0.390 e. The van der Waals surface area contributed by atoms with E-state index in [2.05, 4.69) is 10.2 Å². The lowest BCUT2D eigenvalue weighted by Gasteiger charge is -2.09. The van der Waals surface area contributed by atoms with E-state index in [1.165, 1.54) is 0 Å². The molecule has 0 bridgehead atoms. The molecule has 2 aromatic rings. The number of aliphatic hydroxyl groups excluding tert-OH is 1. The second-order valence-corrected chi connectivity index (χ2v) is 3.69. The molecule has 0 spiro atoms. The van der Waals surface area contributed by atoms with Gasteiger partial charge in [-0.2, -0.15) is 10.2 Å². The minimum atomic E-state index is -0.537. The van der Waals surface area contributed by atoms with Gasteiger partial charge in [0.1, 0.15) is 0 Å². The second-order valence-electron chi connectivity index (χ2n) is 3.69. The molecule has 0 saturated carbocycles. The van der Waals surface area contributed by atoms with Crippen LogP contribution in [0, 0.1) is 0 Å². The van der Waals surface area contributed by atoms with E-state index in [1.807, 2.05) is 24.3 Å². The second kappa shape index (κ2) is 5.01. The smallest absolute Gasteiger partial charge is 0.0829 e. The van der Waals surface area contributed by atoms with Crippen molar-refractivity contribution in [2.24, 2.45) is 0 Å². The van der Waals surface area contributed by atoms with Crippen molar-refractivity contribution in [3.63, 3.8) is 0 Å². The molecular formula is C12H14N2O2. The fraction of sp³-hybridized carbons (Fsp3) is 0.333. The SMILES string of the molecule is COCC(O)Cc1nncc2ccccc12. The average molecular weight is 218 g/mol. The zero-order valence-electron chi connectivity index (χ0n) is 9.13. The fourth-order valence-corrected chi connectivity index (χ4v) is 1.71. The van der Waals surface area contributed by atoms with Crippen molar-refractivity contribution in [1.82, 2.24) is 10.2 Å². The largest absolute Gasteiger partial charge is 0.390 e. The predicted molar refractivity (Wildman–Crippen MR) is 61.1 cm³/mol. The average Bonchev–Trinajstić information content (AvgIpc) is 2.30. The van der Waals surface area contributed by atoms with E-state index in [0.29, 0.717) is 13.0 Å². The number of benzene rings is 1. The van der Waals surface area contributed by atoms with Gasteiger partial charge in [-0.3, -0.25) is 0 Å². The van der Waals surface area contributed by atoms with Crippen molar-refractivity contribution in [3.05, 3.63) is 36.2 Å². The van der Waals surface area contributed by atoms with E-state index in [-0.39, 0.29) is 0 Å². The van der Waals surface area contributed by atoms with Gasteiger partial charge < -0.3 is 9.84 Å². The molecule has 0 aliphatic rings. The maximum absolute atomic E-state index is 9.67. The molecule has 0 fully saturated rings.